The number of pyridine rings is 1. The molecule has 104 valence electrons. The smallest absolute Gasteiger partial charge is 0.0640 e. The second-order valence-electron chi connectivity index (χ2n) is 4.95. The van der Waals surface area contributed by atoms with Crippen LogP contribution in [0.15, 0.2) is 36.7 Å². The third-order valence-electron chi connectivity index (χ3n) is 3.73. The molecule has 1 aliphatic heterocycles. The molecule has 1 unspecified atom stereocenters. The molecule has 3 nitrogen and oxygen atoms in total. The average molecular weight is 308 g/mol. The number of fused-ring (bicyclic) bond motifs is 1. The second-order valence-corrected chi connectivity index (χ2v) is 5.73. The summed E-state index contributed by atoms with van der Waals surface area (Å²) >= 11 is 12.4. The molecule has 1 aliphatic rings. The Labute approximate surface area is 128 Å². The molecular weight excluding hydrogens is 293 g/mol. The standard InChI is InChI=1S/C15H15Cl2N3/c16-13-4-3-11-12(15(13)17)9-20(14(11)6-18)8-10-2-1-5-19-7-10/h1-5,7,14H,6,8-9,18H2. The van der Waals surface area contributed by atoms with Crippen LogP contribution in [0.1, 0.15) is 22.7 Å². The van der Waals surface area contributed by atoms with E-state index in [-0.39, 0.29) is 6.04 Å². The number of nitrogens with two attached hydrogens (primary N) is 1. The largest absolute Gasteiger partial charge is 0.329 e. The lowest BCUT2D eigenvalue weighted by Gasteiger charge is -2.23. The van der Waals surface area contributed by atoms with Crippen LogP contribution in [0.5, 0.6) is 0 Å². The summed E-state index contributed by atoms with van der Waals surface area (Å²) in [6.07, 6.45) is 3.66. The molecule has 1 atom stereocenters. The lowest BCUT2D eigenvalue weighted by Crippen LogP contribution is -2.27. The van der Waals surface area contributed by atoms with E-state index in [1.54, 1.807) is 6.20 Å². The van der Waals surface area contributed by atoms with E-state index in [4.69, 9.17) is 28.9 Å². The molecule has 0 fully saturated rings. The van der Waals surface area contributed by atoms with Crippen molar-refractivity contribution in [2.45, 2.75) is 19.1 Å². The summed E-state index contributed by atoms with van der Waals surface area (Å²) in [4.78, 5) is 6.46. The van der Waals surface area contributed by atoms with Gasteiger partial charge in [0.25, 0.3) is 0 Å². The number of hydrogen-bond donors (Lipinski definition) is 1. The Balaban J connectivity index is 1.90. The molecule has 1 aromatic carbocycles. The summed E-state index contributed by atoms with van der Waals surface area (Å²) in [5.74, 6) is 0. The van der Waals surface area contributed by atoms with Crippen molar-refractivity contribution < 1.29 is 0 Å². The van der Waals surface area contributed by atoms with Crippen molar-refractivity contribution in [3.8, 4) is 0 Å². The Morgan fingerprint density at radius 1 is 1.30 bits per heavy atom. The van der Waals surface area contributed by atoms with Crippen molar-refractivity contribution >= 4 is 23.2 Å². The van der Waals surface area contributed by atoms with E-state index in [0.29, 0.717) is 16.6 Å². The van der Waals surface area contributed by atoms with Gasteiger partial charge in [0.15, 0.2) is 0 Å². The summed E-state index contributed by atoms with van der Waals surface area (Å²) in [6, 6.07) is 8.07. The molecule has 2 aromatic rings. The zero-order valence-electron chi connectivity index (χ0n) is 10.9. The highest BCUT2D eigenvalue weighted by Crippen LogP contribution is 2.40. The minimum absolute atomic E-state index is 0.181. The minimum Gasteiger partial charge on any atom is -0.329 e. The van der Waals surface area contributed by atoms with Gasteiger partial charge in [-0.15, -0.1) is 0 Å². The van der Waals surface area contributed by atoms with Crippen LogP contribution < -0.4 is 5.73 Å². The Hall–Kier alpha value is -1.13. The first-order valence-electron chi connectivity index (χ1n) is 6.50. The van der Waals surface area contributed by atoms with E-state index in [2.05, 4.69) is 16.0 Å². The SMILES string of the molecule is NCC1c2ccc(Cl)c(Cl)c2CN1Cc1cccnc1. The van der Waals surface area contributed by atoms with Crippen molar-refractivity contribution in [3.05, 3.63) is 63.4 Å². The number of nitrogens with zero attached hydrogens (tertiary/aromatic N) is 2. The van der Waals surface area contributed by atoms with E-state index >= 15 is 0 Å². The fraction of sp³-hybridized carbons (Fsp3) is 0.267. The molecule has 0 spiro atoms. The number of aromatic nitrogens is 1. The molecule has 0 amide bonds. The van der Waals surface area contributed by atoms with Gasteiger partial charge >= 0.3 is 0 Å². The van der Waals surface area contributed by atoms with Gasteiger partial charge in [-0.05, 0) is 28.8 Å². The van der Waals surface area contributed by atoms with Gasteiger partial charge in [0.2, 0.25) is 0 Å². The molecule has 0 radical (unpaired) electrons. The Morgan fingerprint density at radius 2 is 2.15 bits per heavy atom. The minimum atomic E-state index is 0.181. The highest BCUT2D eigenvalue weighted by molar-refractivity contribution is 6.42. The lowest BCUT2D eigenvalue weighted by molar-refractivity contribution is 0.211. The maximum absolute atomic E-state index is 6.32. The van der Waals surface area contributed by atoms with Crippen LogP contribution in [0.3, 0.4) is 0 Å². The van der Waals surface area contributed by atoms with Gasteiger partial charge in [-0.1, -0.05) is 35.3 Å². The van der Waals surface area contributed by atoms with Gasteiger partial charge < -0.3 is 5.73 Å². The maximum atomic E-state index is 6.32. The van der Waals surface area contributed by atoms with E-state index in [9.17, 15) is 0 Å². The van der Waals surface area contributed by atoms with Gasteiger partial charge in [0.05, 0.1) is 10.0 Å². The number of benzene rings is 1. The van der Waals surface area contributed by atoms with Crippen molar-refractivity contribution in [3.63, 3.8) is 0 Å². The van der Waals surface area contributed by atoms with Gasteiger partial charge in [0.1, 0.15) is 0 Å². The highest BCUT2D eigenvalue weighted by atomic mass is 35.5. The van der Waals surface area contributed by atoms with Crippen molar-refractivity contribution in [2.75, 3.05) is 6.54 Å². The van der Waals surface area contributed by atoms with Gasteiger partial charge in [-0.25, -0.2) is 0 Å². The predicted octanol–water partition coefficient (Wildman–Crippen LogP) is 3.40. The molecule has 20 heavy (non-hydrogen) atoms. The zero-order valence-corrected chi connectivity index (χ0v) is 12.4. The van der Waals surface area contributed by atoms with Crippen molar-refractivity contribution in [1.82, 2.24) is 9.88 Å². The quantitative estimate of drug-likeness (QED) is 0.945. The molecule has 1 aromatic heterocycles. The monoisotopic (exact) mass is 307 g/mol. The maximum Gasteiger partial charge on any atom is 0.0640 e. The second kappa shape index (κ2) is 5.70. The molecule has 3 rings (SSSR count). The molecular formula is C15H15Cl2N3. The van der Waals surface area contributed by atoms with Crippen LogP contribution in [0.4, 0.5) is 0 Å². The van der Waals surface area contributed by atoms with E-state index in [1.807, 2.05) is 24.4 Å². The summed E-state index contributed by atoms with van der Waals surface area (Å²) in [5.41, 5.74) is 9.40. The summed E-state index contributed by atoms with van der Waals surface area (Å²) < 4.78 is 0. The van der Waals surface area contributed by atoms with Crippen LogP contribution >= 0.6 is 23.2 Å². The van der Waals surface area contributed by atoms with E-state index in [1.165, 1.54) is 11.1 Å². The van der Waals surface area contributed by atoms with E-state index in [0.717, 1.165) is 18.7 Å². The predicted molar refractivity (Wildman–Crippen MR) is 81.7 cm³/mol. The van der Waals surface area contributed by atoms with Gasteiger partial charge in [-0.3, -0.25) is 9.88 Å². The van der Waals surface area contributed by atoms with Crippen LogP contribution in [-0.2, 0) is 13.1 Å². The molecule has 0 bridgehead atoms. The normalized spacial score (nSPS) is 18.2. The topological polar surface area (TPSA) is 42.1 Å². The Morgan fingerprint density at radius 3 is 2.85 bits per heavy atom. The van der Waals surface area contributed by atoms with Crippen LogP contribution in [0.2, 0.25) is 10.0 Å². The van der Waals surface area contributed by atoms with Crippen LogP contribution in [0.25, 0.3) is 0 Å². The third kappa shape index (κ3) is 2.42. The van der Waals surface area contributed by atoms with Gasteiger partial charge in [-0.2, -0.15) is 0 Å². The molecule has 5 heteroatoms. The van der Waals surface area contributed by atoms with E-state index < -0.39 is 0 Å². The molecule has 2 N–H and O–H groups in total. The molecule has 0 aliphatic carbocycles. The summed E-state index contributed by atoms with van der Waals surface area (Å²) in [5, 5.41) is 1.25. The first-order valence-corrected chi connectivity index (χ1v) is 7.26. The highest BCUT2D eigenvalue weighted by Gasteiger charge is 2.31. The third-order valence-corrected chi connectivity index (χ3v) is 4.57. The first-order chi connectivity index (χ1) is 9.70. The lowest BCUT2D eigenvalue weighted by atomic mass is 10.0. The zero-order chi connectivity index (χ0) is 14.1. The first kappa shape index (κ1) is 13.8. The van der Waals surface area contributed by atoms with Gasteiger partial charge in [0, 0.05) is 38.1 Å². The summed E-state index contributed by atoms with van der Waals surface area (Å²) in [6.45, 7) is 2.13. The summed E-state index contributed by atoms with van der Waals surface area (Å²) in [7, 11) is 0. The fourth-order valence-corrected chi connectivity index (χ4v) is 3.17. The van der Waals surface area contributed by atoms with Crippen LogP contribution in [-0.4, -0.2) is 16.4 Å². The fourth-order valence-electron chi connectivity index (χ4n) is 2.76. The Kier molecular flexibility index (Phi) is 3.94. The Bertz CT molecular complexity index is 616. The van der Waals surface area contributed by atoms with Crippen molar-refractivity contribution in [2.24, 2.45) is 5.73 Å². The average Bonchev–Trinajstić information content (AvgIpc) is 2.82. The molecule has 0 saturated heterocycles. The molecule has 0 saturated carbocycles. The number of halogens is 2. The number of hydrogen-bond acceptors (Lipinski definition) is 3. The molecule has 2 heterocycles. The van der Waals surface area contributed by atoms with Crippen molar-refractivity contribution in [1.29, 1.82) is 0 Å². The number of rotatable bonds is 3. The van der Waals surface area contributed by atoms with Crippen LogP contribution in [0, 0.1) is 0 Å².